The SMILES string of the molecule is c1cc2cc3ccc4cc5cccc6c(c1)c2c3c4c56. The molecule has 0 aliphatic rings. The van der Waals surface area contributed by atoms with Gasteiger partial charge in [0.2, 0.25) is 0 Å². The van der Waals surface area contributed by atoms with E-state index in [9.17, 15) is 0 Å². The summed E-state index contributed by atoms with van der Waals surface area (Å²) in [6.07, 6.45) is 0. The average Bonchev–Trinajstić information content (AvgIpc) is 3.03. The molecule has 90 valence electrons. The van der Waals surface area contributed by atoms with Crippen molar-refractivity contribution in [2.24, 2.45) is 0 Å². The Balaban J connectivity index is 2.25. The molecule has 0 saturated heterocycles. The van der Waals surface area contributed by atoms with Crippen LogP contribution in [-0.4, -0.2) is 0 Å². The third-order valence-corrected chi connectivity index (χ3v) is 4.88. The molecule has 0 atom stereocenters. The van der Waals surface area contributed by atoms with E-state index in [1.807, 2.05) is 0 Å². The molecular formula is C20H10. The first-order valence-corrected chi connectivity index (χ1v) is 7.05. The minimum absolute atomic E-state index is 1.37. The summed E-state index contributed by atoms with van der Waals surface area (Å²) >= 11 is 0. The maximum atomic E-state index is 2.33. The highest BCUT2D eigenvalue weighted by molar-refractivity contribution is 6.42. The van der Waals surface area contributed by atoms with Crippen molar-refractivity contribution in [2.45, 2.75) is 0 Å². The first-order valence-electron chi connectivity index (χ1n) is 7.05. The van der Waals surface area contributed by atoms with Gasteiger partial charge in [-0.2, -0.15) is 0 Å². The van der Waals surface area contributed by atoms with Gasteiger partial charge in [0, 0.05) is 0 Å². The fourth-order valence-corrected chi connectivity index (χ4v) is 4.14. The largest absolute Gasteiger partial charge is 0.0610 e. The number of benzene rings is 4. The smallest absolute Gasteiger partial charge is 0.00139 e. The van der Waals surface area contributed by atoms with Crippen molar-refractivity contribution in [1.29, 1.82) is 0 Å². The molecule has 0 radical (unpaired) electrons. The van der Waals surface area contributed by atoms with E-state index in [2.05, 4.69) is 60.7 Å². The van der Waals surface area contributed by atoms with Crippen molar-refractivity contribution in [2.75, 3.05) is 0 Å². The first kappa shape index (κ1) is 9.33. The molecule has 0 spiro atoms. The van der Waals surface area contributed by atoms with Gasteiger partial charge in [0.1, 0.15) is 0 Å². The second-order valence-corrected chi connectivity index (χ2v) is 5.82. The van der Waals surface area contributed by atoms with E-state index in [1.165, 1.54) is 53.9 Å². The van der Waals surface area contributed by atoms with Gasteiger partial charge in [-0.25, -0.2) is 0 Å². The van der Waals surface area contributed by atoms with E-state index in [0.717, 1.165) is 0 Å². The highest BCUT2D eigenvalue weighted by atomic mass is 14.2. The minimum atomic E-state index is 1.37. The molecule has 0 nitrogen and oxygen atoms in total. The van der Waals surface area contributed by atoms with E-state index in [4.69, 9.17) is 0 Å². The van der Waals surface area contributed by atoms with E-state index in [1.54, 1.807) is 0 Å². The van der Waals surface area contributed by atoms with Crippen LogP contribution in [-0.2, 0) is 0 Å². The summed E-state index contributed by atoms with van der Waals surface area (Å²) in [4.78, 5) is 0. The normalized spacial score (nSPS) is 13.0. The topological polar surface area (TPSA) is 0 Å². The highest BCUT2D eigenvalue weighted by Gasteiger charge is 2.18. The quantitative estimate of drug-likeness (QED) is 0.300. The van der Waals surface area contributed by atoms with Crippen LogP contribution in [0.1, 0.15) is 0 Å². The fraction of sp³-hybridized carbons (Fsp3) is 0. The van der Waals surface area contributed by atoms with Gasteiger partial charge in [0.15, 0.2) is 0 Å². The standard InChI is InChI=1S/C20H10/c1-3-11-9-13-7-8-14-10-12-4-2-6-16-15(5-1)17(11)19(13)20(14)18(12)16/h1-10H. The van der Waals surface area contributed by atoms with Gasteiger partial charge in [-0.1, -0.05) is 48.5 Å². The summed E-state index contributed by atoms with van der Waals surface area (Å²) in [5.74, 6) is 0. The molecule has 0 heterocycles. The van der Waals surface area contributed by atoms with Gasteiger partial charge in [-0.15, -0.1) is 0 Å². The van der Waals surface area contributed by atoms with Crippen LogP contribution < -0.4 is 0 Å². The minimum Gasteiger partial charge on any atom is -0.0610 e. The molecule has 0 fully saturated rings. The van der Waals surface area contributed by atoms with Crippen LogP contribution in [0.2, 0.25) is 0 Å². The number of hydrogen-bond donors (Lipinski definition) is 0. The van der Waals surface area contributed by atoms with Crippen molar-refractivity contribution in [1.82, 2.24) is 0 Å². The Kier molecular flexibility index (Phi) is 1.30. The van der Waals surface area contributed by atoms with E-state index in [0.29, 0.717) is 0 Å². The van der Waals surface area contributed by atoms with Crippen molar-refractivity contribution in [3.63, 3.8) is 0 Å². The molecule has 0 aliphatic carbocycles. The predicted molar refractivity (Wildman–Crippen MR) is 87.5 cm³/mol. The second kappa shape index (κ2) is 2.78. The lowest BCUT2D eigenvalue weighted by molar-refractivity contribution is 1.88. The average molecular weight is 250 g/mol. The van der Waals surface area contributed by atoms with Crippen molar-refractivity contribution in [3.05, 3.63) is 60.7 Å². The monoisotopic (exact) mass is 250 g/mol. The molecular weight excluding hydrogens is 240 g/mol. The van der Waals surface area contributed by atoms with Crippen LogP contribution in [0.25, 0.3) is 53.9 Å². The maximum Gasteiger partial charge on any atom is -0.00139 e. The zero-order valence-corrected chi connectivity index (χ0v) is 10.8. The molecule has 6 rings (SSSR count). The lowest BCUT2D eigenvalue weighted by atomic mass is 9.95. The Labute approximate surface area is 115 Å². The molecule has 0 N–H and O–H groups in total. The Morgan fingerprint density at radius 2 is 0.850 bits per heavy atom. The summed E-state index contributed by atoms with van der Waals surface area (Å²) in [5, 5.41) is 14.1. The fourth-order valence-electron chi connectivity index (χ4n) is 4.14. The number of rotatable bonds is 0. The molecule has 0 bridgehead atoms. The van der Waals surface area contributed by atoms with Crippen LogP contribution in [0, 0.1) is 0 Å². The van der Waals surface area contributed by atoms with Gasteiger partial charge in [-0.3, -0.25) is 0 Å². The molecule has 0 amide bonds. The maximum absolute atomic E-state index is 2.33. The molecule has 0 saturated carbocycles. The summed E-state index contributed by atoms with van der Waals surface area (Å²) in [6.45, 7) is 0. The Bertz CT molecular complexity index is 1130. The zero-order chi connectivity index (χ0) is 12.8. The Morgan fingerprint density at radius 3 is 1.35 bits per heavy atom. The zero-order valence-electron chi connectivity index (χ0n) is 10.8. The van der Waals surface area contributed by atoms with Gasteiger partial charge in [0.25, 0.3) is 0 Å². The van der Waals surface area contributed by atoms with E-state index < -0.39 is 0 Å². The second-order valence-electron chi connectivity index (χ2n) is 5.82. The summed E-state index contributed by atoms with van der Waals surface area (Å²) in [5.41, 5.74) is 0. The third-order valence-electron chi connectivity index (χ3n) is 4.88. The third kappa shape index (κ3) is 0.820. The molecule has 0 aromatic heterocycles. The molecule has 0 unspecified atom stereocenters. The van der Waals surface area contributed by atoms with Crippen LogP contribution in [0.4, 0.5) is 0 Å². The summed E-state index contributed by atoms with van der Waals surface area (Å²) in [7, 11) is 0. The van der Waals surface area contributed by atoms with Gasteiger partial charge >= 0.3 is 0 Å². The summed E-state index contributed by atoms with van der Waals surface area (Å²) < 4.78 is 0. The lowest BCUT2D eigenvalue weighted by Gasteiger charge is -2.08. The Hall–Kier alpha value is -2.60. The lowest BCUT2D eigenvalue weighted by Crippen LogP contribution is -1.79. The molecule has 0 aliphatic heterocycles. The van der Waals surface area contributed by atoms with Crippen LogP contribution in [0.3, 0.4) is 0 Å². The summed E-state index contributed by atoms with van der Waals surface area (Å²) in [6, 6.07) is 22.6. The van der Waals surface area contributed by atoms with Crippen molar-refractivity contribution >= 4 is 53.9 Å². The molecule has 6 aromatic rings. The first-order chi connectivity index (χ1) is 9.92. The van der Waals surface area contributed by atoms with Gasteiger partial charge in [-0.05, 0) is 66.0 Å². The van der Waals surface area contributed by atoms with Crippen molar-refractivity contribution in [3.8, 4) is 0 Å². The van der Waals surface area contributed by atoms with Gasteiger partial charge < -0.3 is 0 Å². The van der Waals surface area contributed by atoms with E-state index in [-0.39, 0.29) is 0 Å². The number of fused-ring (bicyclic) bond motifs is 1. The predicted octanol–water partition coefficient (Wildman–Crippen LogP) is 5.77. The van der Waals surface area contributed by atoms with E-state index >= 15 is 0 Å². The molecule has 0 heteroatoms. The van der Waals surface area contributed by atoms with Crippen LogP contribution in [0.5, 0.6) is 0 Å². The number of hydrogen-bond acceptors (Lipinski definition) is 0. The Morgan fingerprint density at radius 1 is 0.400 bits per heavy atom. The van der Waals surface area contributed by atoms with Gasteiger partial charge in [0.05, 0.1) is 0 Å². The van der Waals surface area contributed by atoms with Crippen molar-refractivity contribution < 1.29 is 0 Å². The highest BCUT2D eigenvalue weighted by Crippen LogP contribution is 2.46. The molecule has 6 aromatic carbocycles. The van der Waals surface area contributed by atoms with Crippen LogP contribution >= 0.6 is 0 Å². The van der Waals surface area contributed by atoms with Crippen LogP contribution in [0.15, 0.2) is 60.7 Å². The molecule has 20 heavy (non-hydrogen) atoms.